The molecule has 2 aromatic rings. The number of nitriles is 1. The Kier molecular flexibility index (Phi) is 4.12. The molecule has 0 saturated carbocycles. The molecule has 0 saturated heterocycles. The first-order chi connectivity index (χ1) is 11.8. The molecule has 126 valence electrons. The zero-order valence-corrected chi connectivity index (χ0v) is 13.5. The average Bonchev–Trinajstić information content (AvgIpc) is 2.95. The highest BCUT2D eigenvalue weighted by Gasteiger charge is 2.28. The number of benzene rings is 2. The van der Waals surface area contributed by atoms with Crippen LogP contribution in [-0.2, 0) is 19.6 Å². The Bertz CT molecular complexity index is 1050. The van der Waals surface area contributed by atoms with E-state index in [2.05, 4.69) is 0 Å². The van der Waals surface area contributed by atoms with Gasteiger partial charge >= 0.3 is 5.97 Å². The fraction of sp³-hybridized carbons (Fsp3) is 0.0588. The van der Waals surface area contributed by atoms with E-state index >= 15 is 0 Å². The van der Waals surface area contributed by atoms with E-state index in [1.165, 1.54) is 6.07 Å². The molecule has 0 fully saturated rings. The molecule has 0 atom stereocenters. The molecule has 1 aliphatic rings. The van der Waals surface area contributed by atoms with Crippen molar-refractivity contribution in [2.75, 3.05) is 6.61 Å². The number of cyclic esters (lactones) is 1. The maximum Gasteiger partial charge on any atom is 0.339 e. The van der Waals surface area contributed by atoms with E-state index in [0.717, 1.165) is 12.1 Å². The van der Waals surface area contributed by atoms with Crippen LogP contribution in [0.5, 0.6) is 0 Å². The molecule has 0 radical (unpaired) electrons. The average molecular weight is 358 g/mol. The first kappa shape index (κ1) is 16.8. The Morgan fingerprint density at radius 1 is 1.12 bits per heavy atom. The third-order valence-corrected chi connectivity index (χ3v) is 4.69. The van der Waals surface area contributed by atoms with Crippen LogP contribution in [0.25, 0.3) is 11.1 Å². The molecule has 3 rings (SSSR count). The number of carbonyl (C=O) groups is 1. The summed E-state index contributed by atoms with van der Waals surface area (Å²) < 4.78 is 41.7. The van der Waals surface area contributed by atoms with Crippen molar-refractivity contribution in [2.24, 2.45) is 5.14 Å². The summed E-state index contributed by atoms with van der Waals surface area (Å²) in [5.74, 6) is -1.58. The van der Waals surface area contributed by atoms with E-state index in [4.69, 9.17) is 15.1 Å². The lowest BCUT2D eigenvalue weighted by molar-refractivity contribution is -0.133. The Morgan fingerprint density at radius 2 is 1.76 bits per heavy atom. The van der Waals surface area contributed by atoms with Crippen molar-refractivity contribution in [2.45, 2.75) is 4.90 Å². The lowest BCUT2D eigenvalue weighted by Gasteiger charge is -2.07. The fourth-order valence-electron chi connectivity index (χ4n) is 2.56. The normalized spacial score (nSPS) is 14.4. The minimum Gasteiger partial charge on any atom is -0.457 e. The van der Waals surface area contributed by atoms with Crippen molar-refractivity contribution < 1.29 is 22.3 Å². The zero-order chi connectivity index (χ0) is 18.2. The van der Waals surface area contributed by atoms with Gasteiger partial charge in [-0.1, -0.05) is 18.2 Å². The van der Waals surface area contributed by atoms with Gasteiger partial charge in [0, 0.05) is 5.57 Å². The Hall–Kier alpha value is -3.02. The van der Waals surface area contributed by atoms with Crippen LogP contribution in [0, 0.1) is 17.1 Å². The van der Waals surface area contributed by atoms with E-state index in [9.17, 15) is 17.6 Å². The molecular weight excluding hydrogens is 347 g/mol. The molecule has 0 amide bonds. The minimum absolute atomic E-state index is 0.0671. The van der Waals surface area contributed by atoms with Crippen molar-refractivity contribution in [3.05, 3.63) is 65.0 Å². The van der Waals surface area contributed by atoms with Crippen LogP contribution in [0.1, 0.15) is 16.7 Å². The fourth-order valence-corrected chi connectivity index (χ4v) is 3.14. The summed E-state index contributed by atoms with van der Waals surface area (Å²) in [5, 5.41) is 13.8. The lowest BCUT2D eigenvalue weighted by atomic mass is 9.96. The molecule has 2 N–H and O–H groups in total. The maximum atomic E-state index is 14.1. The van der Waals surface area contributed by atoms with Crippen molar-refractivity contribution in [3.8, 4) is 6.07 Å². The van der Waals surface area contributed by atoms with Crippen molar-refractivity contribution in [1.29, 1.82) is 5.26 Å². The van der Waals surface area contributed by atoms with Gasteiger partial charge in [0.05, 0.1) is 17.2 Å². The number of primary sulfonamides is 1. The summed E-state index contributed by atoms with van der Waals surface area (Å²) in [4.78, 5) is 11.4. The molecule has 0 aromatic heterocycles. The van der Waals surface area contributed by atoms with E-state index in [1.54, 1.807) is 24.3 Å². The molecule has 0 unspecified atom stereocenters. The van der Waals surface area contributed by atoms with Gasteiger partial charge in [0.15, 0.2) is 0 Å². The third kappa shape index (κ3) is 3.15. The van der Waals surface area contributed by atoms with Gasteiger partial charge in [-0.25, -0.2) is 22.7 Å². The predicted octanol–water partition coefficient (Wildman–Crippen LogP) is 1.81. The summed E-state index contributed by atoms with van der Waals surface area (Å²) in [5.41, 5.74) is 1.94. The first-order valence-electron chi connectivity index (χ1n) is 7.05. The summed E-state index contributed by atoms with van der Waals surface area (Å²) >= 11 is 0. The van der Waals surface area contributed by atoms with Crippen LogP contribution >= 0.6 is 0 Å². The monoisotopic (exact) mass is 358 g/mol. The number of ether oxygens (including phenoxy) is 1. The SMILES string of the molecule is N#Cc1ccc(C2=C(c3ccc(S(N)(=O)=O)c(F)c3)COC2=O)cc1. The maximum absolute atomic E-state index is 14.1. The van der Waals surface area contributed by atoms with E-state index in [0.29, 0.717) is 22.3 Å². The van der Waals surface area contributed by atoms with Gasteiger partial charge in [-0.3, -0.25) is 0 Å². The smallest absolute Gasteiger partial charge is 0.339 e. The molecule has 25 heavy (non-hydrogen) atoms. The van der Waals surface area contributed by atoms with Crippen LogP contribution in [-0.4, -0.2) is 21.0 Å². The van der Waals surface area contributed by atoms with Crippen molar-refractivity contribution >= 4 is 27.1 Å². The number of rotatable bonds is 3. The Labute approximate surface area is 143 Å². The summed E-state index contributed by atoms with van der Waals surface area (Å²) in [6.07, 6.45) is 0. The standard InChI is InChI=1S/C17H11FN2O4S/c18-14-7-12(5-6-15(14)25(20,22)23)13-9-24-17(21)16(13)11-3-1-10(8-19)2-4-11/h1-7H,9H2,(H2,20,22,23). The second-order valence-corrected chi connectivity index (χ2v) is 6.84. The van der Waals surface area contributed by atoms with E-state index in [-0.39, 0.29) is 12.2 Å². The highest BCUT2D eigenvalue weighted by Crippen LogP contribution is 2.33. The zero-order valence-electron chi connectivity index (χ0n) is 12.7. The topological polar surface area (TPSA) is 110 Å². The van der Waals surface area contributed by atoms with Gasteiger partial charge in [-0.15, -0.1) is 0 Å². The summed E-state index contributed by atoms with van der Waals surface area (Å²) in [7, 11) is -4.18. The minimum atomic E-state index is -4.18. The number of hydrogen-bond donors (Lipinski definition) is 1. The van der Waals surface area contributed by atoms with Gasteiger partial charge in [0.1, 0.15) is 17.3 Å². The van der Waals surface area contributed by atoms with E-state index < -0.39 is 26.7 Å². The largest absolute Gasteiger partial charge is 0.457 e. The van der Waals surface area contributed by atoms with Crippen LogP contribution in [0.3, 0.4) is 0 Å². The summed E-state index contributed by atoms with van der Waals surface area (Å²) in [6, 6.07) is 11.7. The number of nitrogens with two attached hydrogens (primary N) is 1. The first-order valence-corrected chi connectivity index (χ1v) is 8.59. The molecule has 6 nitrogen and oxygen atoms in total. The number of hydrogen-bond acceptors (Lipinski definition) is 5. The van der Waals surface area contributed by atoms with Crippen LogP contribution < -0.4 is 5.14 Å². The molecule has 1 aliphatic heterocycles. The van der Waals surface area contributed by atoms with Gasteiger partial charge in [0.25, 0.3) is 0 Å². The van der Waals surface area contributed by atoms with Gasteiger partial charge in [-0.2, -0.15) is 5.26 Å². The lowest BCUT2D eigenvalue weighted by Crippen LogP contribution is -2.14. The summed E-state index contributed by atoms with van der Waals surface area (Å²) in [6.45, 7) is -0.0671. The predicted molar refractivity (Wildman–Crippen MR) is 86.7 cm³/mol. The number of esters is 1. The van der Waals surface area contributed by atoms with Crippen molar-refractivity contribution in [3.63, 3.8) is 0 Å². The quantitative estimate of drug-likeness (QED) is 0.842. The molecular formula is C17H11FN2O4S. The highest BCUT2D eigenvalue weighted by atomic mass is 32.2. The second-order valence-electron chi connectivity index (χ2n) is 5.31. The van der Waals surface area contributed by atoms with E-state index in [1.807, 2.05) is 6.07 Å². The van der Waals surface area contributed by atoms with Gasteiger partial charge < -0.3 is 4.74 Å². The molecule has 8 heteroatoms. The number of carbonyl (C=O) groups excluding carboxylic acids is 1. The molecule has 0 spiro atoms. The number of sulfonamides is 1. The molecule has 2 aromatic carbocycles. The third-order valence-electron chi connectivity index (χ3n) is 3.74. The van der Waals surface area contributed by atoms with Crippen LogP contribution in [0.2, 0.25) is 0 Å². The Morgan fingerprint density at radius 3 is 2.32 bits per heavy atom. The molecule has 0 aliphatic carbocycles. The van der Waals surface area contributed by atoms with Crippen molar-refractivity contribution in [1.82, 2.24) is 0 Å². The van der Waals surface area contributed by atoms with Gasteiger partial charge in [-0.05, 0) is 35.4 Å². The Balaban J connectivity index is 2.13. The number of halogens is 1. The highest BCUT2D eigenvalue weighted by molar-refractivity contribution is 7.89. The molecule has 0 bridgehead atoms. The van der Waals surface area contributed by atoms with Crippen LogP contribution in [0.4, 0.5) is 4.39 Å². The molecule has 1 heterocycles. The van der Waals surface area contributed by atoms with Crippen LogP contribution in [0.15, 0.2) is 47.4 Å². The number of nitrogens with zero attached hydrogens (tertiary/aromatic N) is 1. The van der Waals surface area contributed by atoms with Gasteiger partial charge in [0.2, 0.25) is 10.0 Å². The second kappa shape index (κ2) is 6.12.